The van der Waals surface area contributed by atoms with Gasteiger partial charge >= 0.3 is 0 Å². The van der Waals surface area contributed by atoms with Crippen LogP contribution in [0.1, 0.15) is 18.4 Å². The molecule has 22 heavy (non-hydrogen) atoms. The number of aliphatic imine (C=N–C) groups is 1. The van der Waals surface area contributed by atoms with Gasteiger partial charge in [0.25, 0.3) is 0 Å². The van der Waals surface area contributed by atoms with E-state index in [1.807, 2.05) is 61.5 Å². The number of benzene rings is 2. The van der Waals surface area contributed by atoms with E-state index in [1.165, 1.54) is 0 Å². The Balaban J connectivity index is 2.06. The number of nitrogens with zero attached hydrogens (tertiary/aromatic N) is 2. The van der Waals surface area contributed by atoms with E-state index in [9.17, 15) is 4.79 Å². The van der Waals surface area contributed by atoms with Gasteiger partial charge in [0.15, 0.2) is 0 Å². The van der Waals surface area contributed by atoms with Gasteiger partial charge in [-0.3, -0.25) is 4.79 Å². The Kier molecular flexibility index (Phi) is 3.92. The molecule has 0 bridgehead atoms. The van der Waals surface area contributed by atoms with Crippen LogP contribution in [0, 0.1) is 0 Å². The molecular formula is C18H18N2O2. The van der Waals surface area contributed by atoms with Crippen molar-refractivity contribution in [2.75, 3.05) is 18.6 Å². The molecule has 4 heteroatoms. The Hall–Kier alpha value is -2.62. The topological polar surface area (TPSA) is 41.9 Å². The molecular weight excluding hydrogens is 276 g/mol. The van der Waals surface area contributed by atoms with Crippen molar-refractivity contribution < 1.29 is 9.53 Å². The SMILES string of the molecule is CCOC(=Nc1ccccc1)C1C(=O)N(C)c2ccccc21. The van der Waals surface area contributed by atoms with Crippen LogP contribution in [0.15, 0.2) is 59.6 Å². The van der Waals surface area contributed by atoms with Crippen LogP contribution >= 0.6 is 0 Å². The van der Waals surface area contributed by atoms with E-state index in [2.05, 4.69) is 4.99 Å². The second-order valence-electron chi connectivity index (χ2n) is 5.11. The van der Waals surface area contributed by atoms with Gasteiger partial charge < -0.3 is 9.64 Å². The van der Waals surface area contributed by atoms with Gasteiger partial charge in [-0.1, -0.05) is 36.4 Å². The molecule has 1 aliphatic rings. The van der Waals surface area contributed by atoms with Crippen LogP contribution in [-0.2, 0) is 9.53 Å². The van der Waals surface area contributed by atoms with Crippen molar-refractivity contribution in [1.29, 1.82) is 0 Å². The number of para-hydroxylation sites is 2. The Labute approximate surface area is 130 Å². The first-order valence-electron chi connectivity index (χ1n) is 7.35. The van der Waals surface area contributed by atoms with Crippen LogP contribution in [0.25, 0.3) is 0 Å². The van der Waals surface area contributed by atoms with Crippen molar-refractivity contribution in [3.63, 3.8) is 0 Å². The molecule has 0 saturated heterocycles. The van der Waals surface area contributed by atoms with Crippen LogP contribution in [0.4, 0.5) is 11.4 Å². The minimum Gasteiger partial charge on any atom is -0.480 e. The van der Waals surface area contributed by atoms with Gasteiger partial charge in [0.1, 0.15) is 5.92 Å². The summed E-state index contributed by atoms with van der Waals surface area (Å²) in [6.45, 7) is 2.37. The minimum atomic E-state index is -0.471. The zero-order valence-electron chi connectivity index (χ0n) is 12.7. The van der Waals surface area contributed by atoms with E-state index >= 15 is 0 Å². The lowest BCUT2D eigenvalue weighted by Crippen LogP contribution is -2.29. The van der Waals surface area contributed by atoms with Gasteiger partial charge in [-0.15, -0.1) is 0 Å². The number of carbonyl (C=O) groups is 1. The maximum atomic E-state index is 12.6. The van der Waals surface area contributed by atoms with Crippen molar-refractivity contribution in [2.24, 2.45) is 4.99 Å². The summed E-state index contributed by atoms with van der Waals surface area (Å²) < 4.78 is 5.71. The molecule has 112 valence electrons. The number of amides is 1. The van der Waals surface area contributed by atoms with E-state index in [0.717, 1.165) is 16.9 Å². The maximum Gasteiger partial charge on any atom is 0.243 e. The lowest BCUT2D eigenvalue weighted by Gasteiger charge is -2.14. The van der Waals surface area contributed by atoms with Gasteiger partial charge in [-0.25, -0.2) is 4.99 Å². The van der Waals surface area contributed by atoms with Crippen LogP contribution in [0.3, 0.4) is 0 Å². The predicted octanol–water partition coefficient (Wildman–Crippen LogP) is 3.51. The molecule has 3 rings (SSSR count). The summed E-state index contributed by atoms with van der Waals surface area (Å²) >= 11 is 0. The lowest BCUT2D eigenvalue weighted by atomic mass is 10.0. The number of rotatable bonds is 3. The number of fused-ring (bicyclic) bond motifs is 1. The third kappa shape index (κ3) is 2.48. The second-order valence-corrected chi connectivity index (χ2v) is 5.11. The normalized spacial score (nSPS) is 17.5. The summed E-state index contributed by atoms with van der Waals surface area (Å²) in [6, 6.07) is 17.3. The van der Waals surface area contributed by atoms with E-state index < -0.39 is 5.92 Å². The number of hydrogen-bond acceptors (Lipinski definition) is 3. The van der Waals surface area contributed by atoms with Gasteiger partial charge in [-0.2, -0.15) is 0 Å². The first-order chi connectivity index (χ1) is 10.7. The number of likely N-dealkylation sites (N-methyl/N-ethyl adjacent to an activating group) is 1. The van der Waals surface area contributed by atoms with Crippen LogP contribution in [0.5, 0.6) is 0 Å². The fraction of sp³-hybridized carbons (Fsp3) is 0.222. The van der Waals surface area contributed by atoms with E-state index in [0.29, 0.717) is 12.5 Å². The molecule has 0 aromatic heterocycles. The van der Waals surface area contributed by atoms with Crippen LogP contribution < -0.4 is 4.90 Å². The highest BCUT2D eigenvalue weighted by Gasteiger charge is 2.39. The Bertz CT molecular complexity index is 710. The zero-order chi connectivity index (χ0) is 15.5. The van der Waals surface area contributed by atoms with E-state index in [1.54, 1.807) is 11.9 Å². The summed E-state index contributed by atoms with van der Waals surface area (Å²) in [5.41, 5.74) is 2.64. The molecule has 4 nitrogen and oxygen atoms in total. The standard InChI is InChI=1S/C18H18N2O2/c1-3-22-17(19-13-9-5-4-6-10-13)16-14-11-7-8-12-15(14)20(2)18(16)21/h4-12,16H,3H2,1-2H3. The van der Waals surface area contributed by atoms with Crippen molar-refractivity contribution in [3.8, 4) is 0 Å². The highest BCUT2D eigenvalue weighted by Crippen LogP contribution is 2.37. The monoisotopic (exact) mass is 294 g/mol. The van der Waals surface area contributed by atoms with Crippen molar-refractivity contribution >= 4 is 23.2 Å². The van der Waals surface area contributed by atoms with Crippen LogP contribution in [-0.4, -0.2) is 25.5 Å². The zero-order valence-corrected chi connectivity index (χ0v) is 12.7. The maximum absolute atomic E-state index is 12.6. The minimum absolute atomic E-state index is 0.00988. The Morgan fingerprint density at radius 1 is 1.14 bits per heavy atom. The molecule has 1 heterocycles. The molecule has 0 saturated carbocycles. The van der Waals surface area contributed by atoms with E-state index in [4.69, 9.17) is 4.74 Å². The molecule has 1 amide bonds. The number of hydrogen-bond donors (Lipinski definition) is 0. The number of anilines is 1. The van der Waals surface area contributed by atoms with Gasteiger partial charge in [-0.05, 0) is 30.7 Å². The highest BCUT2D eigenvalue weighted by molar-refractivity contribution is 6.17. The lowest BCUT2D eigenvalue weighted by molar-refractivity contribution is -0.118. The Morgan fingerprint density at radius 2 is 1.82 bits per heavy atom. The molecule has 2 aromatic rings. The average molecular weight is 294 g/mol. The van der Waals surface area contributed by atoms with Crippen LogP contribution in [0.2, 0.25) is 0 Å². The largest absolute Gasteiger partial charge is 0.480 e. The quantitative estimate of drug-likeness (QED) is 0.642. The summed E-state index contributed by atoms with van der Waals surface area (Å²) in [6.07, 6.45) is 0. The predicted molar refractivity (Wildman–Crippen MR) is 87.8 cm³/mol. The molecule has 1 atom stereocenters. The van der Waals surface area contributed by atoms with E-state index in [-0.39, 0.29) is 5.91 Å². The van der Waals surface area contributed by atoms with Gasteiger partial charge in [0.2, 0.25) is 11.8 Å². The summed E-state index contributed by atoms with van der Waals surface area (Å²) in [4.78, 5) is 18.9. The summed E-state index contributed by atoms with van der Waals surface area (Å²) in [5, 5.41) is 0. The fourth-order valence-corrected chi connectivity index (χ4v) is 2.68. The smallest absolute Gasteiger partial charge is 0.243 e. The molecule has 0 aliphatic carbocycles. The Morgan fingerprint density at radius 3 is 2.55 bits per heavy atom. The third-order valence-corrected chi connectivity index (χ3v) is 3.72. The highest BCUT2D eigenvalue weighted by atomic mass is 16.5. The number of ether oxygens (including phenoxy) is 1. The second kappa shape index (κ2) is 6.02. The molecule has 0 fully saturated rings. The molecule has 0 spiro atoms. The van der Waals surface area contributed by atoms with Crippen molar-refractivity contribution in [1.82, 2.24) is 0 Å². The average Bonchev–Trinajstić information content (AvgIpc) is 2.80. The first kappa shape index (κ1) is 14.3. The first-order valence-corrected chi connectivity index (χ1v) is 7.35. The van der Waals surface area contributed by atoms with Crippen molar-refractivity contribution in [2.45, 2.75) is 12.8 Å². The molecule has 1 unspecified atom stereocenters. The van der Waals surface area contributed by atoms with Gasteiger partial charge in [0.05, 0.1) is 12.3 Å². The van der Waals surface area contributed by atoms with Crippen molar-refractivity contribution in [3.05, 3.63) is 60.2 Å². The summed E-state index contributed by atoms with van der Waals surface area (Å²) in [5.74, 6) is -0.0267. The molecule has 2 aromatic carbocycles. The third-order valence-electron chi connectivity index (χ3n) is 3.72. The molecule has 1 aliphatic heterocycles. The fourth-order valence-electron chi connectivity index (χ4n) is 2.68. The number of carbonyl (C=O) groups excluding carboxylic acids is 1. The summed E-state index contributed by atoms with van der Waals surface area (Å²) in [7, 11) is 1.78. The van der Waals surface area contributed by atoms with Gasteiger partial charge in [0, 0.05) is 12.7 Å². The molecule has 0 radical (unpaired) electrons. The molecule has 0 N–H and O–H groups in total.